The highest BCUT2D eigenvalue weighted by atomic mass is 35.5. The Morgan fingerprint density at radius 1 is 1.22 bits per heavy atom. The van der Waals surface area contributed by atoms with E-state index >= 15 is 0 Å². The van der Waals surface area contributed by atoms with Crippen LogP contribution in [0, 0.1) is 0 Å². The van der Waals surface area contributed by atoms with Crippen LogP contribution in [0.25, 0.3) is 0 Å². The number of alkyl halides is 1. The molecule has 0 aliphatic carbocycles. The summed E-state index contributed by atoms with van der Waals surface area (Å²) in [6.45, 7) is 0. The van der Waals surface area contributed by atoms with E-state index in [-0.39, 0.29) is 21.4 Å². The maximum atomic E-state index is 11.6. The fourth-order valence-corrected chi connectivity index (χ4v) is 2.17. The molecule has 0 fully saturated rings. The first-order chi connectivity index (χ1) is 8.42. The van der Waals surface area contributed by atoms with Gasteiger partial charge in [-0.3, -0.25) is 4.79 Å². The van der Waals surface area contributed by atoms with Gasteiger partial charge in [-0.15, -0.1) is 11.6 Å². The molecule has 1 atom stereocenters. The Morgan fingerprint density at radius 3 is 2.33 bits per heavy atom. The number of carbonyl (C=O) groups is 2. The van der Waals surface area contributed by atoms with Crippen LogP contribution in [-0.4, -0.2) is 26.0 Å². The van der Waals surface area contributed by atoms with E-state index in [0.717, 1.165) is 7.11 Å². The first-order valence-electron chi connectivity index (χ1n) is 4.71. The van der Waals surface area contributed by atoms with Crippen LogP contribution in [0.4, 0.5) is 0 Å². The molecule has 0 saturated heterocycles. The van der Waals surface area contributed by atoms with Gasteiger partial charge < -0.3 is 9.47 Å². The van der Waals surface area contributed by atoms with E-state index in [9.17, 15) is 9.59 Å². The van der Waals surface area contributed by atoms with Crippen molar-refractivity contribution in [2.45, 2.75) is 5.38 Å². The van der Waals surface area contributed by atoms with E-state index in [2.05, 4.69) is 4.74 Å². The Hall–Kier alpha value is -0.970. The third-order valence-electron chi connectivity index (χ3n) is 2.13. The van der Waals surface area contributed by atoms with E-state index in [1.165, 1.54) is 19.2 Å². The van der Waals surface area contributed by atoms with Crippen LogP contribution in [0.3, 0.4) is 0 Å². The quantitative estimate of drug-likeness (QED) is 0.487. The molecule has 1 aromatic carbocycles. The summed E-state index contributed by atoms with van der Waals surface area (Å²) >= 11 is 17.6. The highest BCUT2D eigenvalue weighted by Crippen LogP contribution is 2.38. The summed E-state index contributed by atoms with van der Waals surface area (Å²) in [6, 6.07) is 2.85. The van der Waals surface area contributed by atoms with Gasteiger partial charge in [0.2, 0.25) is 0 Å². The first kappa shape index (κ1) is 15.1. The minimum Gasteiger partial charge on any atom is -0.495 e. The molecule has 0 aromatic heterocycles. The lowest BCUT2D eigenvalue weighted by Crippen LogP contribution is -2.20. The number of halogens is 3. The molecule has 0 bridgehead atoms. The van der Waals surface area contributed by atoms with Crippen molar-refractivity contribution in [3.05, 3.63) is 27.7 Å². The van der Waals surface area contributed by atoms with Crippen LogP contribution in [0.1, 0.15) is 10.9 Å². The van der Waals surface area contributed by atoms with Crippen LogP contribution in [-0.2, 0) is 14.3 Å². The zero-order valence-corrected chi connectivity index (χ0v) is 11.8. The molecule has 0 amide bonds. The van der Waals surface area contributed by atoms with Gasteiger partial charge in [0.15, 0.2) is 0 Å². The lowest BCUT2D eigenvalue weighted by Gasteiger charge is -2.14. The number of hydrogen-bond acceptors (Lipinski definition) is 4. The average Bonchev–Trinajstić information content (AvgIpc) is 2.35. The van der Waals surface area contributed by atoms with Crippen LogP contribution in [0.2, 0.25) is 10.0 Å². The molecule has 1 aromatic rings. The van der Waals surface area contributed by atoms with E-state index in [0.29, 0.717) is 0 Å². The molecule has 0 spiro atoms. The van der Waals surface area contributed by atoms with Gasteiger partial charge in [-0.25, -0.2) is 4.79 Å². The molecule has 0 N–H and O–H groups in total. The molecular formula is C11H9Cl3O4. The SMILES string of the molecule is COC(=O)C(=O)C(Cl)c1cc(Cl)cc(Cl)c1OC. The number of Topliss-reactive ketones (excluding diaryl/α,β-unsaturated/α-hetero) is 1. The van der Waals surface area contributed by atoms with Crippen molar-refractivity contribution in [2.24, 2.45) is 0 Å². The lowest BCUT2D eigenvalue weighted by atomic mass is 10.1. The Kier molecular flexibility index (Phi) is 5.26. The highest BCUT2D eigenvalue weighted by Gasteiger charge is 2.29. The summed E-state index contributed by atoms with van der Waals surface area (Å²) < 4.78 is 9.35. The molecule has 0 heterocycles. The topological polar surface area (TPSA) is 52.6 Å². The van der Waals surface area contributed by atoms with Crippen molar-refractivity contribution < 1.29 is 19.1 Å². The van der Waals surface area contributed by atoms with Gasteiger partial charge in [0.1, 0.15) is 11.1 Å². The zero-order chi connectivity index (χ0) is 13.9. The van der Waals surface area contributed by atoms with Gasteiger partial charge in [0, 0.05) is 10.6 Å². The predicted molar refractivity (Wildman–Crippen MR) is 68.6 cm³/mol. The van der Waals surface area contributed by atoms with Crippen LogP contribution in [0.5, 0.6) is 5.75 Å². The van der Waals surface area contributed by atoms with Gasteiger partial charge in [-0.1, -0.05) is 23.2 Å². The second kappa shape index (κ2) is 6.27. The van der Waals surface area contributed by atoms with Crippen molar-refractivity contribution in [3.8, 4) is 5.75 Å². The van der Waals surface area contributed by atoms with Crippen LogP contribution < -0.4 is 4.74 Å². The molecule has 7 heteroatoms. The summed E-state index contributed by atoms with van der Waals surface area (Å²) in [6.07, 6.45) is 0. The Balaban J connectivity index is 3.23. The third-order valence-corrected chi connectivity index (χ3v) is 3.06. The molecule has 1 unspecified atom stereocenters. The number of carbonyl (C=O) groups excluding carboxylic acids is 2. The number of esters is 1. The zero-order valence-electron chi connectivity index (χ0n) is 9.50. The fraction of sp³-hybridized carbons (Fsp3) is 0.273. The Bertz CT molecular complexity index is 487. The molecule has 18 heavy (non-hydrogen) atoms. The highest BCUT2D eigenvalue weighted by molar-refractivity contribution is 6.48. The number of ether oxygens (including phenoxy) is 2. The predicted octanol–water partition coefficient (Wildman–Crippen LogP) is 3.02. The Morgan fingerprint density at radius 2 is 1.83 bits per heavy atom. The summed E-state index contributed by atoms with van der Waals surface area (Å²) in [5.41, 5.74) is 0.215. The third kappa shape index (κ3) is 3.07. The first-order valence-corrected chi connectivity index (χ1v) is 5.90. The smallest absolute Gasteiger partial charge is 0.376 e. The van der Waals surface area contributed by atoms with Crippen LogP contribution in [0.15, 0.2) is 12.1 Å². The summed E-state index contributed by atoms with van der Waals surface area (Å²) in [5.74, 6) is -1.78. The van der Waals surface area contributed by atoms with Gasteiger partial charge >= 0.3 is 5.97 Å². The number of ketones is 1. The van der Waals surface area contributed by atoms with Gasteiger partial charge in [-0.2, -0.15) is 0 Å². The number of methoxy groups -OCH3 is 2. The molecule has 4 nitrogen and oxygen atoms in total. The molecule has 0 aliphatic rings. The van der Waals surface area contributed by atoms with Crippen LogP contribution >= 0.6 is 34.8 Å². The number of benzene rings is 1. The normalized spacial score (nSPS) is 11.8. The number of hydrogen-bond donors (Lipinski definition) is 0. The summed E-state index contributed by atoms with van der Waals surface area (Å²) in [4.78, 5) is 22.8. The van der Waals surface area contributed by atoms with Crippen molar-refractivity contribution in [3.63, 3.8) is 0 Å². The summed E-state index contributed by atoms with van der Waals surface area (Å²) in [7, 11) is 2.46. The minimum absolute atomic E-state index is 0.193. The number of rotatable bonds is 4. The van der Waals surface area contributed by atoms with Crippen molar-refractivity contribution in [1.29, 1.82) is 0 Å². The minimum atomic E-state index is -1.27. The van der Waals surface area contributed by atoms with Crippen molar-refractivity contribution >= 4 is 46.6 Å². The van der Waals surface area contributed by atoms with Crippen molar-refractivity contribution in [1.82, 2.24) is 0 Å². The van der Waals surface area contributed by atoms with Gasteiger partial charge in [-0.05, 0) is 12.1 Å². The van der Waals surface area contributed by atoms with Crippen molar-refractivity contribution in [2.75, 3.05) is 14.2 Å². The molecular weight excluding hydrogens is 302 g/mol. The molecule has 0 saturated carbocycles. The second-order valence-electron chi connectivity index (χ2n) is 3.23. The summed E-state index contributed by atoms with van der Waals surface area (Å²) in [5, 5.41) is -0.800. The second-order valence-corrected chi connectivity index (χ2v) is 4.51. The molecule has 1 rings (SSSR count). The largest absolute Gasteiger partial charge is 0.495 e. The molecule has 98 valence electrons. The Labute approximate surface area is 119 Å². The van der Waals surface area contributed by atoms with Gasteiger partial charge in [0.25, 0.3) is 5.78 Å². The average molecular weight is 312 g/mol. The van der Waals surface area contributed by atoms with Gasteiger partial charge in [0.05, 0.1) is 19.2 Å². The molecule has 0 aliphatic heterocycles. The molecule has 0 radical (unpaired) electrons. The monoisotopic (exact) mass is 310 g/mol. The maximum Gasteiger partial charge on any atom is 0.376 e. The van der Waals surface area contributed by atoms with E-state index in [4.69, 9.17) is 39.5 Å². The fourth-order valence-electron chi connectivity index (χ4n) is 1.33. The maximum absolute atomic E-state index is 11.6. The van der Waals surface area contributed by atoms with E-state index < -0.39 is 17.1 Å². The van der Waals surface area contributed by atoms with E-state index in [1.54, 1.807) is 0 Å². The van der Waals surface area contributed by atoms with E-state index in [1.807, 2.05) is 0 Å². The lowest BCUT2D eigenvalue weighted by molar-refractivity contribution is -0.151. The standard InChI is InChI=1S/C11H9Cl3O4/c1-17-10-6(3-5(12)4-7(10)13)8(14)9(15)11(16)18-2/h3-4,8H,1-2H3.